The lowest BCUT2D eigenvalue weighted by Crippen LogP contribution is -2.41. The number of nitrogens with zero attached hydrogens (tertiary/aromatic N) is 1. The van der Waals surface area contributed by atoms with Crippen molar-refractivity contribution in [3.05, 3.63) is 0 Å². The molecule has 1 aliphatic carbocycles. The molecule has 0 amide bonds. The topological polar surface area (TPSA) is 43.7 Å². The minimum absolute atomic E-state index is 0.0966. The van der Waals surface area contributed by atoms with Gasteiger partial charge in [-0.15, -0.1) is 0 Å². The van der Waals surface area contributed by atoms with Gasteiger partial charge in [-0.25, -0.2) is 0 Å². The van der Waals surface area contributed by atoms with Crippen molar-refractivity contribution in [1.82, 2.24) is 4.90 Å². The number of aliphatic hydroxyl groups excluding tert-OH is 2. The zero-order valence-electron chi connectivity index (χ0n) is 12.0. The molecular formula is C15H31NO2. The van der Waals surface area contributed by atoms with Crippen LogP contribution in [0.4, 0.5) is 0 Å². The highest BCUT2D eigenvalue weighted by atomic mass is 16.3. The van der Waals surface area contributed by atoms with Crippen molar-refractivity contribution in [3.8, 4) is 0 Å². The fraction of sp³-hybridized carbons (Fsp3) is 1.00. The van der Waals surface area contributed by atoms with Crippen LogP contribution in [-0.2, 0) is 0 Å². The van der Waals surface area contributed by atoms with Crippen LogP contribution in [0.5, 0.6) is 0 Å². The summed E-state index contributed by atoms with van der Waals surface area (Å²) >= 11 is 0. The van der Waals surface area contributed by atoms with Gasteiger partial charge < -0.3 is 15.1 Å². The van der Waals surface area contributed by atoms with Crippen molar-refractivity contribution in [2.45, 2.75) is 58.3 Å². The summed E-state index contributed by atoms with van der Waals surface area (Å²) in [4.78, 5) is 2.35. The van der Waals surface area contributed by atoms with E-state index >= 15 is 0 Å². The molecule has 3 nitrogen and oxygen atoms in total. The van der Waals surface area contributed by atoms with Crippen LogP contribution in [0.3, 0.4) is 0 Å². The van der Waals surface area contributed by atoms with Gasteiger partial charge in [0.05, 0.1) is 6.61 Å². The molecule has 1 saturated carbocycles. The summed E-state index contributed by atoms with van der Waals surface area (Å²) in [5, 5.41) is 19.0. The van der Waals surface area contributed by atoms with Crippen molar-refractivity contribution in [2.24, 2.45) is 5.41 Å². The summed E-state index contributed by atoms with van der Waals surface area (Å²) in [5.41, 5.74) is 0.0966. The minimum Gasteiger partial charge on any atom is -0.396 e. The van der Waals surface area contributed by atoms with Crippen LogP contribution < -0.4 is 0 Å². The largest absolute Gasteiger partial charge is 0.396 e. The SMILES string of the molecule is CCCCN(CCO)CC1(CO)CCCCCC1. The summed E-state index contributed by atoms with van der Waals surface area (Å²) in [7, 11) is 0. The van der Waals surface area contributed by atoms with Crippen molar-refractivity contribution >= 4 is 0 Å². The Labute approximate surface area is 112 Å². The van der Waals surface area contributed by atoms with E-state index in [9.17, 15) is 10.2 Å². The summed E-state index contributed by atoms with van der Waals surface area (Å²) in [5.74, 6) is 0. The van der Waals surface area contributed by atoms with Crippen LogP contribution in [0.1, 0.15) is 58.3 Å². The van der Waals surface area contributed by atoms with E-state index in [0.717, 1.165) is 32.5 Å². The number of rotatable bonds is 8. The maximum absolute atomic E-state index is 9.82. The van der Waals surface area contributed by atoms with Crippen molar-refractivity contribution in [1.29, 1.82) is 0 Å². The third-order valence-corrected chi connectivity index (χ3v) is 4.30. The van der Waals surface area contributed by atoms with Gasteiger partial charge in [0.2, 0.25) is 0 Å². The molecule has 0 spiro atoms. The molecule has 0 aliphatic heterocycles. The lowest BCUT2D eigenvalue weighted by molar-refractivity contribution is 0.0517. The first-order valence-electron chi connectivity index (χ1n) is 7.70. The molecule has 0 radical (unpaired) electrons. The molecule has 0 heterocycles. The van der Waals surface area contributed by atoms with E-state index in [1.165, 1.54) is 38.5 Å². The zero-order chi connectivity index (χ0) is 13.3. The van der Waals surface area contributed by atoms with E-state index in [1.54, 1.807) is 0 Å². The van der Waals surface area contributed by atoms with Gasteiger partial charge in [0.1, 0.15) is 0 Å². The van der Waals surface area contributed by atoms with Gasteiger partial charge in [-0.2, -0.15) is 0 Å². The number of hydrogen-bond acceptors (Lipinski definition) is 3. The summed E-state index contributed by atoms with van der Waals surface area (Å²) in [6, 6.07) is 0. The molecule has 0 bridgehead atoms. The molecule has 0 atom stereocenters. The Morgan fingerprint density at radius 3 is 2.17 bits per heavy atom. The Bertz CT molecular complexity index is 201. The monoisotopic (exact) mass is 257 g/mol. The second kappa shape index (κ2) is 8.89. The van der Waals surface area contributed by atoms with E-state index in [0.29, 0.717) is 6.61 Å². The van der Waals surface area contributed by atoms with E-state index in [2.05, 4.69) is 11.8 Å². The lowest BCUT2D eigenvalue weighted by Gasteiger charge is -2.36. The summed E-state index contributed by atoms with van der Waals surface area (Å²) < 4.78 is 0. The lowest BCUT2D eigenvalue weighted by atomic mass is 9.80. The molecule has 0 saturated heterocycles. The van der Waals surface area contributed by atoms with Gasteiger partial charge in [-0.05, 0) is 25.8 Å². The molecule has 0 aromatic carbocycles. The quantitative estimate of drug-likeness (QED) is 0.656. The van der Waals surface area contributed by atoms with Crippen LogP contribution in [0.15, 0.2) is 0 Å². The number of unbranched alkanes of at least 4 members (excludes halogenated alkanes) is 1. The first kappa shape index (κ1) is 15.9. The maximum atomic E-state index is 9.82. The molecule has 1 fully saturated rings. The van der Waals surface area contributed by atoms with Gasteiger partial charge in [0.25, 0.3) is 0 Å². The Balaban J connectivity index is 2.55. The first-order valence-corrected chi connectivity index (χ1v) is 7.70. The molecule has 0 unspecified atom stereocenters. The molecule has 0 aromatic heterocycles. The van der Waals surface area contributed by atoms with Crippen LogP contribution in [0, 0.1) is 5.41 Å². The summed E-state index contributed by atoms with van der Waals surface area (Å²) in [6.07, 6.45) is 9.81. The third-order valence-electron chi connectivity index (χ3n) is 4.30. The van der Waals surface area contributed by atoms with E-state index in [1.807, 2.05) is 0 Å². The van der Waals surface area contributed by atoms with Crippen LogP contribution in [0.25, 0.3) is 0 Å². The predicted octanol–water partition coefficient (Wildman–Crippen LogP) is 2.41. The average Bonchev–Trinajstić information content (AvgIpc) is 2.62. The highest BCUT2D eigenvalue weighted by molar-refractivity contribution is 4.84. The molecule has 108 valence electrons. The zero-order valence-corrected chi connectivity index (χ0v) is 12.0. The van der Waals surface area contributed by atoms with Crippen molar-refractivity contribution < 1.29 is 10.2 Å². The van der Waals surface area contributed by atoms with E-state index in [4.69, 9.17) is 0 Å². The normalized spacial score (nSPS) is 20.0. The molecular weight excluding hydrogens is 226 g/mol. The molecule has 1 rings (SSSR count). The molecule has 0 aromatic rings. The highest BCUT2D eigenvalue weighted by Crippen LogP contribution is 2.35. The van der Waals surface area contributed by atoms with Crippen molar-refractivity contribution in [2.75, 3.05) is 32.8 Å². The number of hydrogen-bond donors (Lipinski definition) is 2. The van der Waals surface area contributed by atoms with Gasteiger partial charge >= 0.3 is 0 Å². The fourth-order valence-corrected chi connectivity index (χ4v) is 3.11. The Morgan fingerprint density at radius 2 is 1.67 bits per heavy atom. The van der Waals surface area contributed by atoms with Crippen LogP contribution in [-0.4, -0.2) is 48.0 Å². The third kappa shape index (κ3) is 5.25. The average molecular weight is 257 g/mol. The highest BCUT2D eigenvalue weighted by Gasteiger charge is 2.32. The van der Waals surface area contributed by atoms with Gasteiger partial charge in [-0.3, -0.25) is 0 Å². The van der Waals surface area contributed by atoms with Gasteiger partial charge in [-0.1, -0.05) is 39.0 Å². The standard InChI is InChI=1S/C15H31NO2/c1-2-3-10-16(11-12-17)13-15(14-18)8-6-4-5-7-9-15/h17-18H,2-14H2,1H3. The molecule has 2 N–H and O–H groups in total. The van der Waals surface area contributed by atoms with Gasteiger partial charge in [0, 0.05) is 25.1 Å². The van der Waals surface area contributed by atoms with E-state index < -0.39 is 0 Å². The Kier molecular flexibility index (Phi) is 7.87. The number of aliphatic hydroxyl groups is 2. The van der Waals surface area contributed by atoms with Gasteiger partial charge in [0.15, 0.2) is 0 Å². The second-order valence-corrected chi connectivity index (χ2v) is 5.93. The molecule has 18 heavy (non-hydrogen) atoms. The molecule has 3 heteroatoms. The molecule has 1 aliphatic rings. The maximum Gasteiger partial charge on any atom is 0.0558 e. The van der Waals surface area contributed by atoms with Crippen LogP contribution >= 0.6 is 0 Å². The van der Waals surface area contributed by atoms with E-state index in [-0.39, 0.29) is 12.0 Å². The Hall–Kier alpha value is -0.120. The van der Waals surface area contributed by atoms with Crippen LogP contribution in [0.2, 0.25) is 0 Å². The van der Waals surface area contributed by atoms with Crippen molar-refractivity contribution in [3.63, 3.8) is 0 Å². The minimum atomic E-state index is 0.0966. The Morgan fingerprint density at radius 1 is 1.00 bits per heavy atom. The second-order valence-electron chi connectivity index (χ2n) is 5.93. The first-order chi connectivity index (χ1) is 8.76. The fourth-order valence-electron chi connectivity index (χ4n) is 3.11. The predicted molar refractivity (Wildman–Crippen MR) is 75.7 cm³/mol. The summed E-state index contributed by atoms with van der Waals surface area (Å²) in [6.45, 7) is 5.50. The smallest absolute Gasteiger partial charge is 0.0558 e.